The molecule has 9 heteroatoms. The summed E-state index contributed by atoms with van der Waals surface area (Å²) in [5.74, 6) is -1.12. The van der Waals surface area contributed by atoms with E-state index in [1.54, 1.807) is 24.3 Å². The van der Waals surface area contributed by atoms with E-state index in [1.807, 2.05) is 13.8 Å². The van der Waals surface area contributed by atoms with Gasteiger partial charge in [-0.25, -0.2) is 0 Å². The van der Waals surface area contributed by atoms with Gasteiger partial charge in [-0.15, -0.1) is 0 Å². The number of halogens is 1. The van der Waals surface area contributed by atoms with E-state index in [0.717, 1.165) is 5.69 Å². The molecule has 0 aliphatic rings. The first-order valence-electron chi connectivity index (χ1n) is 7.83. The van der Waals surface area contributed by atoms with E-state index in [9.17, 15) is 14.4 Å². The third-order valence-corrected chi connectivity index (χ3v) is 4.35. The van der Waals surface area contributed by atoms with Crippen molar-refractivity contribution < 1.29 is 19.1 Å². The number of methoxy groups -OCH3 is 1. The number of nitrogens with one attached hydrogen (secondary N) is 3. The second-order valence-electron chi connectivity index (χ2n) is 5.74. The second-order valence-corrected chi connectivity index (χ2v) is 6.54. The van der Waals surface area contributed by atoms with E-state index < -0.39 is 11.9 Å². The first-order chi connectivity index (χ1) is 12.3. The van der Waals surface area contributed by atoms with E-state index >= 15 is 0 Å². The minimum Gasteiger partial charge on any atom is -0.468 e. The zero-order valence-corrected chi connectivity index (χ0v) is 16.1. The maximum atomic E-state index is 12.3. The lowest BCUT2D eigenvalue weighted by atomic mass is 10.1. The van der Waals surface area contributed by atoms with Crippen LogP contribution < -0.4 is 10.6 Å². The number of hydrogen-bond donors (Lipinski definition) is 3. The quantitative estimate of drug-likeness (QED) is 0.618. The van der Waals surface area contributed by atoms with Crippen LogP contribution in [0.1, 0.15) is 46.3 Å². The van der Waals surface area contributed by atoms with Gasteiger partial charge >= 0.3 is 5.97 Å². The van der Waals surface area contributed by atoms with Crippen LogP contribution in [-0.2, 0) is 9.53 Å². The van der Waals surface area contributed by atoms with Gasteiger partial charge < -0.3 is 15.4 Å². The molecule has 0 bridgehead atoms. The first kappa shape index (κ1) is 19.6. The Hall–Kier alpha value is -2.68. The van der Waals surface area contributed by atoms with Gasteiger partial charge in [0.2, 0.25) is 0 Å². The fraction of sp³-hybridized carbons (Fsp3) is 0.294. The molecule has 3 N–H and O–H groups in total. The van der Waals surface area contributed by atoms with Gasteiger partial charge in [-0.1, -0.05) is 13.8 Å². The SMILES string of the molecule is COC(=O)CNC(=O)c1ccc(NC(=O)c2n[nH]c(C(C)C)c2Br)cc1. The molecule has 0 saturated carbocycles. The number of amides is 2. The molecule has 1 aromatic carbocycles. The average molecular weight is 423 g/mol. The molecule has 2 amide bonds. The molecule has 2 rings (SSSR count). The Kier molecular flexibility index (Phi) is 6.51. The van der Waals surface area contributed by atoms with Crippen molar-refractivity contribution in [3.63, 3.8) is 0 Å². The van der Waals surface area contributed by atoms with Crippen LogP contribution in [0.3, 0.4) is 0 Å². The second kappa shape index (κ2) is 8.61. The molecule has 26 heavy (non-hydrogen) atoms. The summed E-state index contributed by atoms with van der Waals surface area (Å²) in [7, 11) is 1.24. The van der Waals surface area contributed by atoms with Crippen LogP contribution in [0.15, 0.2) is 28.7 Å². The maximum Gasteiger partial charge on any atom is 0.325 e. The van der Waals surface area contributed by atoms with Crippen molar-refractivity contribution in [2.24, 2.45) is 0 Å². The summed E-state index contributed by atoms with van der Waals surface area (Å²) in [6.07, 6.45) is 0. The highest BCUT2D eigenvalue weighted by Gasteiger charge is 2.19. The molecular formula is C17H19BrN4O4. The van der Waals surface area contributed by atoms with Gasteiger partial charge in [-0.2, -0.15) is 5.10 Å². The number of carbonyl (C=O) groups is 3. The third-order valence-electron chi connectivity index (χ3n) is 3.55. The lowest BCUT2D eigenvalue weighted by Gasteiger charge is -2.07. The van der Waals surface area contributed by atoms with Crippen molar-refractivity contribution in [3.05, 3.63) is 45.7 Å². The highest BCUT2D eigenvalue weighted by Crippen LogP contribution is 2.26. The van der Waals surface area contributed by atoms with Gasteiger partial charge in [0.1, 0.15) is 6.54 Å². The van der Waals surface area contributed by atoms with Crippen LogP contribution in [0.5, 0.6) is 0 Å². The van der Waals surface area contributed by atoms with Crippen LogP contribution in [0, 0.1) is 0 Å². The van der Waals surface area contributed by atoms with Crippen molar-refractivity contribution in [3.8, 4) is 0 Å². The van der Waals surface area contributed by atoms with Crippen molar-refractivity contribution in [1.82, 2.24) is 15.5 Å². The van der Waals surface area contributed by atoms with Crippen molar-refractivity contribution in [2.45, 2.75) is 19.8 Å². The van der Waals surface area contributed by atoms with E-state index in [-0.39, 0.29) is 24.1 Å². The Morgan fingerprint density at radius 2 is 1.85 bits per heavy atom. The van der Waals surface area contributed by atoms with Gasteiger partial charge in [-0.05, 0) is 46.1 Å². The molecule has 1 aromatic heterocycles. The molecule has 0 atom stereocenters. The number of benzene rings is 1. The molecule has 0 aliphatic carbocycles. The number of ether oxygens (including phenoxy) is 1. The number of esters is 1. The number of hydrogen-bond acceptors (Lipinski definition) is 5. The minimum atomic E-state index is -0.535. The number of rotatable bonds is 6. The molecular weight excluding hydrogens is 404 g/mol. The maximum absolute atomic E-state index is 12.3. The molecule has 0 unspecified atom stereocenters. The van der Waals surface area contributed by atoms with Crippen LogP contribution in [0.2, 0.25) is 0 Å². The summed E-state index contributed by atoms with van der Waals surface area (Å²) in [5, 5.41) is 12.0. The molecule has 0 saturated heterocycles. The summed E-state index contributed by atoms with van der Waals surface area (Å²) < 4.78 is 5.08. The Bertz CT molecular complexity index is 815. The van der Waals surface area contributed by atoms with E-state index in [1.165, 1.54) is 7.11 Å². The minimum absolute atomic E-state index is 0.196. The predicted molar refractivity (Wildman–Crippen MR) is 99.1 cm³/mol. The number of nitrogens with zero attached hydrogens (tertiary/aromatic N) is 1. The van der Waals surface area contributed by atoms with Crippen molar-refractivity contribution in [1.29, 1.82) is 0 Å². The van der Waals surface area contributed by atoms with E-state index in [0.29, 0.717) is 15.7 Å². The summed E-state index contributed by atoms with van der Waals surface area (Å²) in [5.41, 5.74) is 1.97. The molecule has 0 fully saturated rings. The van der Waals surface area contributed by atoms with Crippen LogP contribution >= 0.6 is 15.9 Å². The van der Waals surface area contributed by atoms with E-state index in [2.05, 4.69) is 41.5 Å². The Morgan fingerprint density at radius 3 is 2.38 bits per heavy atom. The van der Waals surface area contributed by atoms with Gasteiger partial charge in [0.25, 0.3) is 11.8 Å². The molecule has 0 radical (unpaired) electrons. The van der Waals surface area contributed by atoms with Gasteiger partial charge in [-0.3, -0.25) is 19.5 Å². The van der Waals surface area contributed by atoms with Crippen LogP contribution in [0.25, 0.3) is 0 Å². The van der Waals surface area contributed by atoms with Crippen LogP contribution in [0.4, 0.5) is 5.69 Å². The molecule has 138 valence electrons. The lowest BCUT2D eigenvalue weighted by Crippen LogP contribution is -2.30. The smallest absolute Gasteiger partial charge is 0.325 e. The number of anilines is 1. The zero-order valence-electron chi connectivity index (χ0n) is 14.6. The monoisotopic (exact) mass is 422 g/mol. The lowest BCUT2D eigenvalue weighted by molar-refractivity contribution is -0.139. The fourth-order valence-corrected chi connectivity index (χ4v) is 2.91. The topological polar surface area (TPSA) is 113 Å². The summed E-state index contributed by atoms with van der Waals surface area (Å²) >= 11 is 3.39. The van der Waals surface area contributed by atoms with Gasteiger partial charge in [0.05, 0.1) is 17.3 Å². The Balaban J connectivity index is 2.01. The Labute approximate surface area is 158 Å². The number of carbonyl (C=O) groups excluding carboxylic acids is 3. The number of aromatic nitrogens is 2. The van der Waals surface area contributed by atoms with Crippen LogP contribution in [-0.4, -0.2) is 41.6 Å². The standard InChI is InChI=1S/C17H19BrN4O4/c1-9(2)14-13(18)15(22-21-14)17(25)20-11-6-4-10(5-7-11)16(24)19-8-12(23)26-3/h4-7,9H,8H2,1-3H3,(H,19,24)(H,20,25)(H,21,22). The average Bonchev–Trinajstić information content (AvgIpc) is 3.01. The molecule has 0 aliphatic heterocycles. The largest absolute Gasteiger partial charge is 0.468 e. The zero-order chi connectivity index (χ0) is 19.3. The molecule has 1 heterocycles. The first-order valence-corrected chi connectivity index (χ1v) is 8.63. The molecule has 2 aromatic rings. The third kappa shape index (κ3) is 4.69. The summed E-state index contributed by atoms with van der Waals surface area (Å²) in [6.45, 7) is 3.77. The molecule has 0 spiro atoms. The normalized spacial score (nSPS) is 10.5. The predicted octanol–water partition coefficient (Wildman–Crippen LogP) is 2.45. The summed E-state index contributed by atoms with van der Waals surface area (Å²) in [6, 6.07) is 6.27. The Morgan fingerprint density at radius 1 is 1.19 bits per heavy atom. The van der Waals surface area contributed by atoms with Crippen molar-refractivity contribution in [2.75, 3.05) is 19.0 Å². The number of H-pyrrole nitrogens is 1. The van der Waals surface area contributed by atoms with Gasteiger partial charge in [0, 0.05) is 11.3 Å². The molecule has 8 nitrogen and oxygen atoms in total. The number of aromatic amines is 1. The highest BCUT2D eigenvalue weighted by atomic mass is 79.9. The fourth-order valence-electron chi connectivity index (χ4n) is 2.10. The van der Waals surface area contributed by atoms with Crippen molar-refractivity contribution >= 4 is 39.4 Å². The van der Waals surface area contributed by atoms with Gasteiger partial charge in [0.15, 0.2) is 5.69 Å². The van der Waals surface area contributed by atoms with E-state index in [4.69, 9.17) is 0 Å². The highest BCUT2D eigenvalue weighted by molar-refractivity contribution is 9.10. The summed E-state index contributed by atoms with van der Waals surface area (Å²) in [4.78, 5) is 35.3.